The Morgan fingerprint density at radius 3 is 2.95 bits per heavy atom. The summed E-state index contributed by atoms with van der Waals surface area (Å²) < 4.78 is 5.47. The van der Waals surface area contributed by atoms with Crippen LogP contribution in [0.3, 0.4) is 0 Å². The lowest BCUT2D eigenvalue weighted by Crippen LogP contribution is -2.44. The van der Waals surface area contributed by atoms with Gasteiger partial charge in [0.2, 0.25) is 0 Å². The molecule has 1 fully saturated rings. The Labute approximate surface area is 132 Å². The summed E-state index contributed by atoms with van der Waals surface area (Å²) in [4.78, 5) is 22.5. The van der Waals surface area contributed by atoms with Crippen LogP contribution in [0, 0.1) is 6.92 Å². The lowest BCUT2D eigenvalue weighted by Gasteiger charge is -2.28. The summed E-state index contributed by atoms with van der Waals surface area (Å²) in [7, 11) is 0. The molecule has 1 aliphatic rings. The van der Waals surface area contributed by atoms with Crippen molar-refractivity contribution in [1.82, 2.24) is 20.2 Å². The van der Waals surface area contributed by atoms with Gasteiger partial charge in [-0.2, -0.15) is 0 Å². The van der Waals surface area contributed by atoms with E-state index in [1.54, 1.807) is 6.20 Å². The smallest absolute Gasteiger partial charge is 0.410 e. The molecular weight excluding hydrogens is 280 g/mol. The SMILES string of the molecule is Cc1nccc(CNCC2CCCN2C(=O)OC(C)(C)C)n1. The maximum atomic E-state index is 12.2. The van der Waals surface area contributed by atoms with Crippen molar-refractivity contribution in [2.75, 3.05) is 13.1 Å². The van der Waals surface area contributed by atoms with Crippen LogP contribution >= 0.6 is 0 Å². The summed E-state index contributed by atoms with van der Waals surface area (Å²) in [5.41, 5.74) is 0.519. The Morgan fingerprint density at radius 1 is 1.50 bits per heavy atom. The highest BCUT2D eigenvalue weighted by Gasteiger charge is 2.31. The first kappa shape index (κ1) is 16.7. The van der Waals surface area contributed by atoms with Crippen LogP contribution in [-0.4, -0.2) is 45.7 Å². The molecule has 0 saturated carbocycles. The zero-order chi connectivity index (χ0) is 16.2. The minimum atomic E-state index is -0.448. The first-order valence-corrected chi connectivity index (χ1v) is 7.84. The Bertz CT molecular complexity index is 513. The third-order valence-corrected chi connectivity index (χ3v) is 3.52. The second-order valence-electron chi connectivity index (χ2n) is 6.70. The molecule has 1 atom stereocenters. The van der Waals surface area contributed by atoms with Crippen LogP contribution in [0.5, 0.6) is 0 Å². The molecule has 2 heterocycles. The maximum absolute atomic E-state index is 12.2. The largest absolute Gasteiger partial charge is 0.444 e. The van der Waals surface area contributed by atoms with Crippen molar-refractivity contribution in [3.63, 3.8) is 0 Å². The number of aryl methyl sites for hydroxylation is 1. The second-order valence-corrected chi connectivity index (χ2v) is 6.70. The summed E-state index contributed by atoms with van der Waals surface area (Å²) in [6, 6.07) is 2.10. The number of hydrogen-bond acceptors (Lipinski definition) is 5. The molecule has 1 amide bonds. The molecule has 6 nitrogen and oxygen atoms in total. The molecule has 0 spiro atoms. The standard InChI is InChI=1S/C16H26N4O2/c1-12-18-8-7-13(19-12)10-17-11-14-6-5-9-20(14)15(21)22-16(2,3)4/h7-8,14,17H,5-6,9-11H2,1-4H3. The van der Waals surface area contributed by atoms with Crippen molar-refractivity contribution >= 4 is 6.09 Å². The van der Waals surface area contributed by atoms with Gasteiger partial charge in [0.1, 0.15) is 11.4 Å². The first-order chi connectivity index (χ1) is 10.3. The molecule has 1 aromatic rings. The fourth-order valence-corrected chi connectivity index (χ4v) is 2.58. The Balaban J connectivity index is 1.82. The predicted octanol–water partition coefficient (Wildman–Crippen LogP) is 2.27. The van der Waals surface area contributed by atoms with Gasteiger partial charge in [0, 0.05) is 31.9 Å². The minimum absolute atomic E-state index is 0.192. The zero-order valence-corrected chi connectivity index (χ0v) is 13.9. The molecule has 0 aliphatic carbocycles. The van der Waals surface area contributed by atoms with Crippen LogP contribution < -0.4 is 5.32 Å². The van der Waals surface area contributed by atoms with E-state index in [9.17, 15) is 4.79 Å². The number of nitrogens with one attached hydrogen (secondary N) is 1. The summed E-state index contributed by atoms with van der Waals surface area (Å²) in [5, 5.41) is 3.38. The predicted molar refractivity (Wildman–Crippen MR) is 84.4 cm³/mol. The Morgan fingerprint density at radius 2 is 2.27 bits per heavy atom. The van der Waals surface area contributed by atoms with Gasteiger partial charge >= 0.3 is 6.09 Å². The number of hydrogen-bond donors (Lipinski definition) is 1. The molecule has 6 heteroatoms. The number of ether oxygens (including phenoxy) is 1. The van der Waals surface area contributed by atoms with Crippen molar-refractivity contribution in [3.8, 4) is 0 Å². The number of aromatic nitrogens is 2. The van der Waals surface area contributed by atoms with Crippen molar-refractivity contribution in [1.29, 1.82) is 0 Å². The first-order valence-electron chi connectivity index (χ1n) is 7.84. The Kier molecular flexibility index (Phi) is 5.34. The van der Waals surface area contributed by atoms with Gasteiger partial charge in [-0.1, -0.05) is 0 Å². The molecular formula is C16H26N4O2. The van der Waals surface area contributed by atoms with Gasteiger partial charge in [0.25, 0.3) is 0 Å². The van der Waals surface area contributed by atoms with Gasteiger partial charge in [0.05, 0.1) is 5.69 Å². The van der Waals surface area contributed by atoms with Gasteiger partial charge in [-0.3, -0.25) is 0 Å². The van der Waals surface area contributed by atoms with Crippen molar-refractivity contribution < 1.29 is 9.53 Å². The molecule has 1 N–H and O–H groups in total. The van der Waals surface area contributed by atoms with Crippen molar-refractivity contribution in [2.45, 2.75) is 58.7 Å². The third kappa shape index (κ3) is 4.94. The molecule has 0 bridgehead atoms. The summed E-state index contributed by atoms with van der Waals surface area (Å²) in [5.74, 6) is 0.774. The van der Waals surface area contributed by atoms with E-state index in [1.807, 2.05) is 38.7 Å². The number of carbonyl (C=O) groups excluding carboxylic acids is 1. The lowest BCUT2D eigenvalue weighted by molar-refractivity contribution is 0.0226. The van der Waals surface area contributed by atoms with Crippen molar-refractivity contribution in [3.05, 3.63) is 23.8 Å². The topological polar surface area (TPSA) is 67.4 Å². The molecule has 22 heavy (non-hydrogen) atoms. The summed E-state index contributed by atoms with van der Waals surface area (Å²) in [6.07, 6.45) is 3.59. The van der Waals surface area contributed by atoms with Crippen LogP contribution in [0.25, 0.3) is 0 Å². The van der Waals surface area contributed by atoms with Gasteiger partial charge in [-0.05, 0) is 46.6 Å². The summed E-state index contributed by atoms with van der Waals surface area (Å²) >= 11 is 0. The normalized spacial score (nSPS) is 18.5. The van der Waals surface area contributed by atoms with E-state index in [0.717, 1.165) is 37.4 Å². The van der Waals surface area contributed by atoms with Crippen molar-refractivity contribution in [2.24, 2.45) is 0 Å². The van der Waals surface area contributed by atoms with Gasteiger partial charge in [-0.15, -0.1) is 0 Å². The van der Waals surface area contributed by atoms with Crippen LogP contribution in [0.2, 0.25) is 0 Å². The molecule has 1 aromatic heterocycles. The zero-order valence-electron chi connectivity index (χ0n) is 13.9. The molecule has 1 unspecified atom stereocenters. The average Bonchev–Trinajstić information content (AvgIpc) is 2.85. The van der Waals surface area contributed by atoms with Gasteiger partial charge in [-0.25, -0.2) is 14.8 Å². The molecule has 122 valence electrons. The fraction of sp³-hybridized carbons (Fsp3) is 0.688. The maximum Gasteiger partial charge on any atom is 0.410 e. The molecule has 1 aliphatic heterocycles. The van der Waals surface area contributed by atoms with E-state index >= 15 is 0 Å². The minimum Gasteiger partial charge on any atom is -0.444 e. The van der Waals surface area contributed by atoms with E-state index in [2.05, 4.69) is 15.3 Å². The van der Waals surface area contributed by atoms with Crippen LogP contribution in [0.4, 0.5) is 4.79 Å². The van der Waals surface area contributed by atoms with Gasteiger partial charge in [0.15, 0.2) is 0 Å². The molecule has 2 rings (SSSR count). The van der Waals surface area contributed by atoms with Crippen LogP contribution in [-0.2, 0) is 11.3 Å². The quantitative estimate of drug-likeness (QED) is 0.924. The number of amides is 1. The van der Waals surface area contributed by atoms with Gasteiger partial charge < -0.3 is 15.0 Å². The highest BCUT2D eigenvalue weighted by Crippen LogP contribution is 2.20. The van der Waals surface area contributed by atoms with Crippen LogP contribution in [0.15, 0.2) is 12.3 Å². The van der Waals surface area contributed by atoms with E-state index in [0.29, 0.717) is 6.54 Å². The van der Waals surface area contributed by atoms with E-state index in [-0.39, 0.29) is 12.1 Å². The fourth-order valence-electron chi connectivity index (χ4n) is 2.58. The summed E-state index contributed by atoms with van der Waals surface area (Å²) in [6.45, 7) is 9.77. The molecule has 0 aromatic carbocycles. The number of carbonyl (C=O) groups is 1. The monoisotopic (exact) mass is 306 g/mol. The van der Waals surface area contributed by atoms with E-state index in [1.165, 1.54) is 0 Å². The Hall–Kier alpha value is -1.69. The van der Waals surface area contributed by atoms with E-state index < -0.39 is 5.60 Å². The number of nitrogens with zero attached hydrogens (tertiary/aromatic N) is 3. The molecule has 0 radical (unpaired) electrons. The highest BCUT2D eigenvalue weighted by atomic mass is 16.6. The number of likely N-dealkylation sites (tertiary alicyclic amines) is 1. The number of rotatable bonds is 4. The highest BCUT2D eigenvalue weighted by molar-refractivity contribution is 5.69. The van der Waals surface area contributed by atoms with Crippen LogP contribution in [0.1, 0.15) is 45.1 Å². The van der Waals surface area contributed by atoms with E-state index in [4.69, 9.17) is 4.74 Å². The molecule has 1 saturated heterocycles. The lowest BCUT2D eigenvalue weighted by atomic mass is 10.2. The third-order valence-electron chi connectivity index (χ3n) is 3.52. The average molecular weight is 306 g/mol. The second kappa shape index (κ2) is 7.05.